The van der Waals surface area contributed by atoms with Gasteiger partial charge in [0.05, 0.1) is 13.2 Å². The van der Waals surface area contributed by atoms with Crippen molar-refractivity contribution in [2.45, 2.75) is 13.0 Å². The molecule has 0 atom stereocenters. The lowest BCUT2D eigenvalue weighted by atomic mass is 10.2. The summed E-state index contributed by atoms with van der Waals surface area (Å²) in [5.74, 6) is -0.0742. The van der Waals surface area contributed by atoms with Gasteiger partial charge in [0.1, 0.15) is 16.6 Å². The zero-order valence-corrected chi connectivity index (χ0v) is 14.9. The molecule has 2 aromatic carbocycles. The molecule has 1 heterocycles. The van der Waals surface area contributed by atoms with Crippen LogP contribution < -0.4 is 10.3 Å². The molecule has 0 spiro atoms. The normalized spacial score (nSPS) is 10.6. The fourth-order valence-electron chi connectivity index (χ4n) is 2.40. The summed E-state index contributed by atoms with van der Waals surface area (Å²) in [5.41, 5.74) is 1.57. The number of aromatic nitrogens is 2. The first-order valence-electron chi connectivity index (χ1n) is 7.79. The predicted molar refractivity (Wildman–Crippen MR) is 97.3 cm³/mol. The van der Waals surface area contributed by atoms with Crippen LogP contribution in [0.15, 0.2) is 70.2 Å². The number of rotatable bonds is 6. The second-order valence-electron chi connectivity index (χ2n) is 5.51. The van der Waals surface area contributed by atoms with Crippen LogP contribution in [0, 0.1) is 5.82 Å². The van der Waals surface area contributed by atoms with E-state index in [1.165, 1.54) is 23.0 Å². The van der Waals surface area contributed by atoms with Gasteiger partial charge in [0, 0.05) is 6.42 Å². The van der Waals surface area contributed by atoms with Crippen LogP contribution in [0.4, 0.5) is 4.39 Å². The molecule has 0 aliphatic rings. The standard InChI is InChI=1S/C19H16BrFN2O2/c20-17-18(25-10-9-14-5-2-1-3-6-14)22-13-23(19(17)24)12-15-7-4-8-16(21)11-15/h1-8,11,13H,9-10,12H2. The van der Waals surface area contributed by atoms with Crippen LogP contribution in [0.25, 0.3) is 0 Å². The molecule has 0 saturated carbocycles. The Morgan fingerprint density at radius 2 is 1.84 bits per heavy atom. The SMILES string of the molecule is O=c1c(Br)c(OCCc2ccccc2)ncn1Cc1cccc(F)c1. The van der Waals surface area contributed by atoms with Crippen LogP contribution in [-0.2, 0) is 13.0 Å². The Bertz CT molecular complexity index is 913. The summed E-state index contributed by atoms with van der Waals surface area (Å²) in [6, 6.07) is 16.1. The highest BCUT2D eigenvalue weighted by atomic mass is 79.9. The van der Waals surface area contributed by atoms with Gasteiger partial charge in [-0.2, -0.15) is 0 Å². The molecule has 0 radical (unpaired) electrons. The van der Waals surface area contributed by atoms with Gasteiger partial charge >= 0.3 is 0 Å². The van der Waals surface area contributed by atoms with Gasteiger partial charge in [-0.05, 0) is 39.2 Å². The first-order valence-corrected chi connectivity index (χ1v) is 8.59. The third kappa shape index (κ3) is 4.54. The number of hydrogen-bond acceptors (Lipinski definition) is 3. The Kier molecular flexibility index (Phi) is 5.60. The van der Waals surface area contributed by atoms with Gasteiger partial charge < -0.3 is 4.74 Å². The molecule has 0 fully saturated rings. The summed E-state index contributed by atoms with van der Waals surface area (Å²) < 4.78 is 20.5. The van der Waals surface area contributed by atoms with E-state index in [9.17, 15) is 9.18 Å². The highest BCUT2D eigenvalue weighted by Crippen LogP contribution is 2.17. The van der Waals surface area contributed by atoms with Crippen LogP contribution >= 0.6 is 15.9 Å². The zero-order valence-electron chi connectivity index (χ0n) is 13.4. The summed E-state index contributed by atoms with van der Waals surface area (Å²) in [7, 11) is 0. The summed E-state index contributed by atoms with van der Waals surface area (Å²) >= 11 is 3.25. The molecule has 0 saturated heterocycles. The minimum Gasteiger partial charge on any atom is -0.476 e. The van der Waals surface area contributed by atoms with Crippen LogP contribution in [0.1, 0.15) is 11.1 Å². The van der Waals surface area contributed by atoms with Crippen molar-refractivity contribution in [2.24, 2.45) is 0 Å². The quantitative estimate of drug-likeness (QED) is 0.629. The van der Waals surface area contributed by atoms with Crippen molar-refractivity contribution in [3.8, 4) is 5.88 Å². The number of nitrogens with zero attached hydrogens (tertiary/aromatic N) is 2. The Hall–Kier alpha value is -2.47. The van der Waals surface area contributed by atoms with Crippen LogP contribution in [-0.4, -0.2) is 16.2 Å². The third-order valence-corrected chi connectivity index (χ3v) is 4.34. The van der Waals surface area contributed by atoms with Gasteiger partial charge in [-0.1, -0.05) is 42.5 Å². The van der Waals surface area contributed by atoms with Gasteiger partial charge in [-0.15, -0.1) is 0 Å². The van der Waals surface area contributed by atoms with Gasteiger partial charge in [-0.3, -0.25) is 9.36 Å². The molecule has 4 nitrogen and oxygen atoms in total. The fraction of sp³-hybridized carbons (Fsp3) is 0.158. The molecule has 3 rings (SSSR count). The first-order chi connectivity index (χ1) is 12.1. The minimum absolute atomic E-state index is 0.243. The van der Waals surface area contributed by atoms with Crippen molar-refractivity contribution in [1.82, 2.24) is 9.55 Å². The number of halogens is 2. The average Bonchev–Trinajstić information content (AvgIpc) is 2.62. The topological polar surface area (TPSA) is 44.1 Å². The van der Waals surface area contributed by atoms with Gasteiger partial charge in [0.15, 0.2) is 0 Å². The van der Waals surface area contributed by atoms with E-state index in [4.69, 9.17) is 4.74 Å². The van der Waals surface area contributed by atoms with Crippen molar-refractivity contribution in [2.75, 3.05) is 6.61 Å². The Morgan fingerprint density at radius 3 is 2.60 bits per heavy atom. The van der Waals surface area contributed by atoms with E-state index in [2.05, 4.69) is 20.9 Å². The second kappa shape index (κ2) is 8.07. The Morgan fingerprint density at radius 1 is 1.08 bits per heavy atom. The van der Waals surface area contributed by atoms with Crippen molar-refractivity contribution in [3.05, 3.63) is 92.7 Å². The first kappa shape index (κ1) is 17.4. The van der Waals surface area contributed by atoms with E-state index in [1.54, 1.807) is 12.1 Å². The molecular formula is C19H16BrFN2O2. The number of hydrogen-bond donors (Lipinski definition) is 0. The van der Waals surface area contributed by atoms with Crippen molar-refractivity contribution in [3.63, 3.8) is 0 Å². The molecule has 0 aliphatic carbocycles. The zero-order chi connectivity index (χ0) is 17.6. The molecule has 25 heavy (non-hydrogen) atoms. The van der Waals surface area contributed by atoms with E-state index in [0.717, 1.165) is 12.0 Å². The lowest BCUT2D eigenvalue weighted by Gasteiger charge is -2.10. The molecule has 0 aliphatic heterocycles. The maximum atomic E-state index is 13.3. The van der Waals surface area contributed by atoms with Crippen molar-refractivity contribution in [1.29, 1.82) is 0 Å². The lowest BCUT2D eigenvalue weighted by Crippen LogP contribution is -2.23. The minimum atomic E-state index is -0.335. The third-order valence-electron chi connectivity index (χ3n) is 3.67. The molecule has 1 aromatic heterocycles. The monoisotopic (exact) mass is 402 g/mol. The van der Waals surface area contributed by atoms with Crippen LogP contribution in [0.2, 0.25) is 0 Å². The van der Waals surface area contributed by atoms with Gasteiger partial charge in [0.2, 0.25) is 5.88 Å². The summed E-state index contributed by atoms with van der Waals surface area (Å²) in [6.45, 7) is 0.662. The van der Waals surface area contributed by atoms with E-state index >= 15 is 0 Å². The molecule has 0 amide bonds. The van der Waals surface area contributed by atoms with E-state index in [-0.39, 0.29) is 28.3 Å². The largest absolute Gasteiger partial charge is 0.476 e. The van der Waals surface area contributed by atoms with Crippen molar-refractivity contribution < 1.29 is 9.13 Å². The van der Waals surface area contributed by atoms with Crippen LogP contribution in [0.5, 0.6) is 5.88 Å². The molecule has 0 unspecified atom stereocenters. The van der Waals surface area contributed by atoms with Gasteiger partial charge in [0.25, 0.3) is 5.56 Å². The highest BCUT2D eigenvalue weighted by Gasteiger charge is 2.11. The Balaban J connectivity index is 1.68. The predicted octanol–water partition coefficient (Wildman–Crippen LogP) is 3.81. The maximum absolute atomic E-state index is 13.3. The molecular weight excluding hydrogens is 387 g/mol. The fourth-order valence-corrected chi connectivity index (χ4v) is 2.85. The van der Waals surface area contributed by atoms with Crippen LogP contribution in [0.3, 0.4) is 0 Å². The van der Waals surface area contributed by atoms with E-state index in [1.807, 2.05) is 30.3 Å². The lowest BCUT2D eigenvalue weighted by molar-refractivity contribution is 0.305. The second-order valence-corrected chi connectivity index (χ2v) is 6.30. The molecule has 0 N–H and O–H groups in total. The Labute approximate surface area is 153 Å². The smallest absolute Gasteiger partial charge is 0.271 e. The van der Waals surface area contributed by atoms with Crippen molar-refractivity contribution >= 4 is 15.9 Å². The highest BCUT2D eigenvalue weighted by molar-refractivity contribution is 9.10. The van der Waals surface area contributed by atoms with Gasteiger partial charge in [-0.25, -0.2) is 9.37 Å². The summed E-state index contributed by atoms with van der Waals surface area (Å²) in [5, 5.41) is 0. The molecule has 6 heteroatoms. The maximum Gasteiger partial charge on any atom is 0.271 e. The average molecular weight is 403 g/mol. The molecule has 3 aromatic rings. The summed E-state index contributed by atoms with van der Waals surface area (Å²) in [4.78, 5) is 16.6. The molecule has 128 valence electrons. The number of benzene rings is 2. The molecule has 0 bridgehead atoms. The number of ether oxygens (including phenoxy) is 1. The van der Waals surface area contributed by atoms with E-state index < -0.39 is 0 Å². The van der Waals surface area contributed by atoms with E-state index in [0.29, 0.717) is 12.2 Å². The summed E-state index contributed by atoms with van der Waals surface area (Å²) in [6.07, 6.45) is 2.14.